The summed E-state index contributed by atoms with van der Waals surface area (Å²) in [6.07, 6.45) is 0.718. The van der Waals surface area contributed by atoms with E-state index in [1.807, 2.05) is 0 Å². The number of carbonyl (C=O) groups excluding carboxylic acids is 1. The monoisotopic (exact) mass is 340 g/mol. The lowest BCUT2D eigenvalue weighted by Gasteiger charge is -2.11. The first-order valence-electron chi connectivity index (χ1n) is 7.54. The molecule has 8 heteroatoms. The normalized spacial score (nSPS) is 18.5. The van der Waals surface area contributed by atoms with E-state index >= 15 is 0 Å². The van der Waals surface area contributed by atoms with Gasteiger partial charge in [-0.25, -0.2) is 4.98 Å². The largest absolute Gasteiger partial charge is 0.434 e. The Kier molecular flexibility index (Phi) is 5.71. The summed E-state index contributed by atoms with van der Waals surface area (Å²) < 4.78 is 37.4. The van der Waals surface area contributed by atoms with E-state index in [4.69, 9.17) is 0 Å². The summed E-state index contributed by atoms with van der Waals surface area (Å²) in [6.45, 7) is 6.64. The van der Waals surface area contributed by atoms with E-state index in [1.54, 1.807) is 13.0 Å². The van der Waals surface area contributed by atoms with Gasteiger partial charge in [0.15, 0.2) is 5.69 Å². The van der Waals surface area contributed by atoms with E-state index in [1.165, 1.54) is 0 Å². The number of carbonyl (C=O) groups is 1. The van der Waals surface area contributed by atoms with Gasteiger partial charge in [0.05, 0.1) is 24.1 Å². The van der Waals surface area contributed by atoms with E-state index in [2.05, 4.69) is 27.2 Å². The highest BCUT2D eigenvalue weighted by Gasteiger charge is 2.32. The molecule has 1 aromatic rings. The number of aromatic nitrogens is 2. The molecule has 130 valence electrons. The molecule has 2 heterocycles. The predicted octanol–water partition coefficient (Wildman–Crippen LogP) is 2.32. The maximum Gasteiger partial charge on any atom is 0.434 e. The molecule has 1 amide bonds. The second kappa shape index (κ2) is 7.57. The molecule has 2 N–H and O–H groups in total. The smallest absolute Gasteiger partial charge is 0.351 e. The molecule has 1 aliphatic heterocycles. The van der Waals surface area contributed by atoms with Crippen LogP contribution in [0, 0.1) is 0 Å². The molecule has 1 unspecified atom stereocenters. The van der Waals surface area contributed by atoms with Crippen LogP contribution in [-0.2, 0) is 11.0 Å². The van der Waals surface area contributed by atoms with E-state index in [0.29, 0.717) is 23.0 Å². The molecule has 24 heavy (non-hydrogen) atoms. The van der Waals surface area contributed by atoms with Crippen molar-refractivity contribution in [2.45, 2.75) is 32.0 Å². The molecule has 0 bridgehead atoms. The Morgan fingerprint density at radius 1 is 1.46 bits per heavy atom. The van der Waals surface area contributed by atoms with Crippen LogP contribution in [0.1, 0.15) is 31.2 Å². The molecule has 0 aromatic carbocycles. The fourth-order valence-electron chi connectivity index (χ4n) is 2.34. The standard InChI is InChI=1S/C16H19F3N4O/c1-10(7-23-15(24)12-4-3-5-20-12)6-11(2)13-8-22-14(9-21-13)16(17,18)19/h6,8-9,12,20H,1,3-5,7H2,2H3,(H,23,24)/b11-6+. The molecule has 0 spiro atoms. The minimum absolute atomic E-state index is 0.0750. The third-order valence-electron chi connectivity index (χ3n) is 3.63. The van der Waals surface area contributed by atoms with Crippen LogP contribution in [0.4, 0.5) is 13.2 Å². The van der Waals surface area contributed by atoms with Gasteiger partial charge in [-0.1, -0.05) is 12.7 Å². The zero-order valence-corrected chi connectivity index (χ0v) is 13.3. The summed E-state index contributed by atoms with van der Waals surface area (Å²) in [5, 5.41) is 5.88. The molecule has 1 saturated heterocycles. The lowest BCUT2D eigenvalue weighted by atomic mass is 10.1. The van der Waals surface area contributed by atoms with Crippen molar-refractivity contribution in [3.63, 3.8) is 0 Å². The van der Waals surface area contributed by atoms with Gasteiger partial charge in [-0.3, -0.25) is 9.78 Å². The minimum Gasteiger partial charge on any atom is -0.351 e. The summed E-state index contributed by atoms with van der Waals surface area (Å²) in [5.74, 6) is -0.0750. The lowest BCUT2D eigenvalue weighted by Crippen LogP contribution is -2.40. The van der Waals surface area contributed by atoms with Crippen molar-refractivity contribution < 1.29 is 18.0 Å². The van der Waals surface area contributed by atoms with Crippen molar-refractivity contribution in [2.75, 3.05) is 13.1 Å². The third-order valence-corrected chi connectivity index (χ3v) is 3.63. The topological polar surface area (TPSA) is 66.9 Å². The second-order valence-electron chi connectivity index (χ2n) is 5.64. The summed E-state index contributed by atoms with van der Waals surface area (Å²) >= 11 is 0. The summed E-state index contributed by atoms with van der Waals surface area (Å²) in [7, 11) is 0. The highest BCUT2D eigenvalue weighted by molar-refractivity contribution is 5.82. The van der Waals surface area contributed by atoms with Crippen molar-refractivity contribution in [3.8, 4) is 0 Å². The molecule has 2 rings (SSSR count). The Morgan fingerprint density at radius 3 is 2.75 bits per heavy atom. The number of alkyl halides is 3. The fraction of sp³-hybridized carbons (Fsp3) is 0.438. The van der Waals surface area contributed by atoms with Crippen LogP contribution in [0.25, 0.3) is 5.57 Å². The quantitative estimate of drug-likeness (QED) is 0.808. The predicted molar refractivity (Wildman–Crippen MR) is 83.9 cm³/mol. The maximum atomic E-state index is 12.5. The molecule has 1 aliphatic rings. The van der Waals surface area contributed by atoms with Gasteiger partial charge in [0.25, 0.3) is 0 Å². The number of amides is 1. The second-order valence-corrected chi connectivity index (χ2v) is 5.64. The van der Waals surface area contributed by atoms with Crippen LogP contribution < -0.4 is 10.6 Å². The van der Waals surface area contributed by atoms with Crippen LogP contribution in [0.3, 0.4) is 0 Å². The van der Waals surface area contributed by atoms with Crippen molar-refractivity contribution in [1.82, 2.24) is 20.6 Å². The Labute approximate surface area is 138 Å². The van der Waals surface area contributed by atoms with Crippen LogP contribution >= 0.6 is 0 Å². The van der Waals surface area contributed by atoms with Crippen LogP contribution in [0.2, 0.25) is 0 Å². The lowest BCUT2D eigenvalue weighted by molar-refractivity contribution is -0.141. The van der Waals surface area contributed by atoms with Crippen LogP contribution in [0.5, 0.6) is 0 Å². The number of hydrogen-bond donors (Lipinski definition) is 2. The molecule has 0 saturated carbocycles. The number of rotatable bonds is 5. The van der Waals surface area contributed by atoms with Crippen molar-refractivity contribution in [2.24, 2.45) is 0 Å². The van der Waals surface area contributed by atoms with Gasteiger partial charge < -0.3 is 10.6 Å². The van der Waals surface area contributed by atoms with Gasteiger partial charge in [-0.05, 0) is 37.5 Å². The number of nitrogens with one attached hydrogen (secondary N) is 2. The number of halogens is 3. The molecule has 0 radical (unpaired) electrons. The van der Waals surface area contributed by atoms with E-state index in [0.717, 1.165) is 25.6 Å². The Bertz CT molecular complexity index is 632. The highest BCUT2D eigenvalue weighted by Crippen LogP contribution is 2.27. The van der Waals surface area contributed by atoms with Gasteiger partial charge in [-0.2, -0.15) is 13.2 Å². The molecular weight excluding hydrogens is 321 g/mol. The van der Waals surface area contributed by atoms with Gasteiger partial charge in [-0.15, -0.1) is 0 Å². The molecular formula is C16H19F3N4O. The van der Waals surface area contributed by atoms with Gasteiger partial charge in [0, 0.05) is 6.54 Å². The Hall–Kier alpha value is -2.22. The van der Waals surface area contributed by atoms with E-state index in [9.17, 15) is 18.0 Å². The summed E-state index contributed by atoms with van der Waals surface area (Å²) in [5.41, 5.74) is 0.539. The number of hydrogen-bond acceptors (Lipinski definition) is 4. The third kappa shape index (κ3) is 4.89. The number of allylic oxidation sites excluding steroid dienone is 1. The average molecular weight is 340 g/mol. The fourth-order valence-corrected chi connectivity index (χ4v) is 2.34. The van der Waals surface area contributed by atoms with Crippen molar-refractivity contribution in [3.05, 3.63) is 42.0 Å². The number of nitrogens with zero attached hydrogens (tertiary/aromatic N) is 2. The maximum absolute atomic E-state index is 12.5. The molecule has 1 aromatic heterocycles. The van der Waals surface area contributed by atoms with Gasteiger partial charge >= 0.3 is 6.18 Å². The van der Waals surface area contributed by atoms with Crippen LogP contribution in [0.15, 0.2) is 30.6 Å². The first-order chi connectivity index (χ1) is 11.3. The van der Waals surface area contributed by atoms with Crippen LogP contribution in [-0.4, -0.2) is 35.0 Å². The zero-order chi connectivity index (χ0) is 17.7. The summed E-state index contributed by atoms with van der Waals surface area (Å²) in [4.78, 5) is 19.0. The first-order valence-corrected chi connectivity index (χ1v) is 7.54. The summed E-state index contributed by atoms with van der Waals surface area (Å²) in [6, 6.07) is -0.163. The van der Waals surface area contributed by atoms with E-state index < -0.39 is 11.9 Å². The Balaban J connectivity index is 1.91. The van der Waals surface area contributed by atoms with Crippen molar-refractivity contribution >= 4 is 11.5 Å². The molecule has 5 nitrogen and oxygen atoms in total. The van der Waals surface area contributed by atoms with Gasteiger partial charge in [0.1, 0.15) is 0 Å². The highest BCUT2D eigenvalue weighted by atomic mass is 19.4. The van der Waals surface area contributed by atoms with Gasteiger partial charge in [0.2, 0.25) is 5.91 Å². The average Bonchev–Trinajstić information content (AvgIpc) is 3.06. The molecule has 0 aliphatic carbocycles. The van der Waals surface area contributed by atoms with Crippen molar-refractivity contribution in [1.29, 1.82) is 0 Å². The SMILES string of the molecule is C=C(/C=C(\C)c1cnc(C(F)(F)F)cn1)CNC(=O)C1CCCN1. The molecule has 1 atom stereocenters. The Morgan fingerprint density at radius 2 is 2.21 bits per heavy atom. The first kappa shape index (κ1) is 18.1. The van der Waals surface area contributed by atoms with E-state index in [-0.39, 0.29) is 18.5 Å². The molecule has 1 fully saturated rings. The zero-order valence-electron chi connectivity index (χ0n) is 13.3. The minimum atomic E-state index is -4.51.